The highest BCUT2D eigenvalue weighted by molar-refractivity contribution is 4.71. The molecular formula is C12H28N2O. The predicted molar refractivity (Wildman–Crippen MR) is 66.0 cm³/mol. The highest BCUT2D eigenvalue weighted by Crippen LogP contribution is 2.10. The molecule has 0 rings (SSSR count). The Balaban J connectivity index is 4.04. The number of methoxy groups -OCH3 is 1. The molecule has 0 spiro atoms. The topological polar surface area (TPSA) is 38.5 Å². The van der Waals surface area contributed by atoms with Gasteiger partial charge in [0.05, 0.1) is 6.61 Å². The normalized spacial score (nSPS) is 15.6. The van der Waals surface area contributed by atoms with Crippen LogP contribution < -0.4 is 5.73 Å². The standard InChI is InChI=1S/C12H28N2O/c1-5-7-12(8-13)9-14(6-2)11(3)10-15-4/h11-12H,5-10,13H2,1-4H3. The minimum absolute atomic E-state index is 0.492. The van der Waals surface area contributed by atoms with Gasteiger partial charge in [0.2, 0.25) is 0 Å². The van der Waals surface area contributed by atoms with E-state index < -0.39 is 0 Å². The molecule has 0 radical (unpaired) electrons. The molecule has 0 aliphatic carbocycles. The summed E-state index contributed by atoms with van der Waals surface area (Å²) in [6.45, 7) is 10.4. The lowest BCUT2D eigenvalue weighted by atomic mass is 10.0. The monoisotopic (exact) mass is 216 g/mol. The van der Waals surface area contributed by atoms with Crippen molar-refractivity contribution in [2.75, 3.05) is 33.4 Å². The second kappa shape index (κ2) is 9.13. The minimum atomic E-state index is 0.492. The zero-order valence-electron chi connectivity index (χ0n) is 10.8. The maximum Gasteiger partial charge on any atom is 0.0615 e. The summed E-state index contributed by atoms with van der Waals surface area (Å²) < 4.78 is 5.19. The van der Waals surface area contributed by atoms with Crippen LogP contribution in [0.1, 0.15) is 33.6 Å². The van der Waals surface area contributed by atoms with Crippen molar-refractivity contribution in [1.82, 2.24) is 4.90 Å². The summed E-state index contributed by atoms with van der Waals surface area (Å²) in [7, 11) is 1.76. The van der Waals surface area contributed by atoms with Crippen LogP contribution in [-0.4, -0.2) is 44.3 Å². The highest BCUT2D eigenvalue weighted by Gasteiger charge is 2.16. The van der Waals surface area contributed by atoms with Gasteiger partial charge < -0.3 is 10.5 Å². The summed E-state index contributed by atoms with van der Waals surface area (Å²) in [5.74, 6) is 0.634. The Morgan fingerprint density at radius 2 is 2.00 bits per heavy atom. The first-order valence-corrected chi connectivity index (χ1v) is 6.12. The van der Waals surface area contributed by atoms with Crippen LogP contribution in [0.15, 0.2) is 0 Å². The van der Waals surface area contributed by atoms with Crippen LogP contribution in [0.25, 0.3) is 0 Å². The van der Waals surface area contributed by atoms with Gasteiger partial charge in [-0.05, 0) is 32.4 Å². The molecule has 0 saturated heterocycles. The van der Waals surface area contributed by atoms with Crippen molar-refractivity contribution >= 4 is 0 Å². The molecule has 0 bridgehead atoms. The Bertz CT molecular complexity index is 142. The number of likely N-dealkylation sites (N-methyl/N-ethyl adjacent to an activating group) is 1. The average Bonchev–Trinajstić information content (AvgIpc) is 2.24. The van der Waals surface area contributed by atoms with Crippen molar-refractivity contribution in [3.05, 3.63) is 0 Å². The van der Waals surface area contributed by atoms with Crippen LogP contribution >= 0.6 is 0 Å². The van der Waals surface area contributed by atoms with E-state index in [1.54, 1.807) is 7.11 Å². The van der Waals surface area contributed by atoms with Crippen LogP contribution in [0, 0.1) is 5.92 Å². The molecule has 2 atom stereocenters. The van der Waals surface area contributed by atoms with Crippen molar-refractivity contribution in [3.63, 3.8) is 0 Å². The van der Waals surface area contributed by atoms with Gasteiger partial charge in [-0.15, -0.1) is 0 Å². The third-order valence-corrected chi connectivity index (χ3v) is 2.96. The van der Waals surface area contributed by atoms with Crippen molar-refractivity contribution < 1.29 is 4.74 Å². The van der Waals surface area contributed by atoms with Crippen LogP contribution in [-0.2, 0) is 4.74 Å². The van der Waals surface area contributed by atoms with Crippen LogP contribution in [0.4, 0.5) is 0 Å². The number of hydrogen-bond donors (Lipinski definition) is 1. The van der Waals surface area contributed by atoms with E-state index in [2.05, 4.69) is 25.7 Å². The molecule has 0 fully saturated rings. The number of hydrogen-bond acceptors (Lipinski definition) is 3. The molecule has 0 aromatic carbocycles. The molecule has 0 aromatic rings. The third-order valence-electron chi connectivity index (χ3n) is 2.96. The fraction of sp³-hybridized carbons (Fsp3) is 1.00. The summed E-state index contributed by atoms with van der Waals surface area (Å²) in [5, 5.41) is 0. The van der Waals surface area contributed by atoms with Crippen molar-refractivity contribution in [1.29, 1.82) is 0 Å². The van der Waals surface area contributed by atoms with Gasteiger partial charge >= 0.3 is 0 Å². The first-order valence-electron chi connectivity index (χ1n) is 6.12. The fourth-order valence-corrected chi connectivity index (χ4v) is 1.99. The summed E-state index contributed by atoms with van der Waals surface area (Å²) in [4.78, 5) is 2.46. The van der Waals surface area contributed by atoms with E-state index >= 15 is 0 Å². The molecule has 2 unspecified atom stereocenters. The molecule has 0 heterocycles. The van der Waals surface area contributed by atoms with E-state index in [1.165, 1.54) is 12.8 Å². The molecular weight excluding hydrogens is 188 g/mol. The Morgan fingerprint density at radius 3 is 2.40 bits per heavy atom. The lowest BCUT2D eigenvalue weighted by Gasteiger charge is -2.30. The smallest absolute Gasteiger partial charge is 0.0615 e. The van der Waals surface area contributed by atoms with Gasteiger partial charge in [0.1, 0.15) is 0 Å². The minimum Gasteiger partial charge on any atom is -0.383 e. The van der Waals surface area contributed by atoms with Gasteiger partial charge in [-0.1, -0.05) is 20.3 Å². The fourth-order valence-electron chi connectivity index (χ4n) is 1.99. The van der Waals surface area contributed by atoms with Gasteiger partial charge in [0.25, 0.3) is 0 Å². The van der Waals surface area contributed by atoms with E-state index in [4.69, 9.17) is 10.5 Å². The predicted octanol–water partition coefficient (Wildman–Crippen LogP) is 1.72. The van der Waals surface area contributed by atoms with Crippen molar-refractivity contribution in [3.8, 4) is 0 Å². The first kappa shape index (κ1) is 14.9. The van der Waals surface area contributed by atoms with Gasteiger partial charge in [-0.3, -0.25) is 4.90 Å². The van der Waals surface area contributed by atoms with Crippen molar-refractivity contribution in [2.24, 2.45) is 11.7 Å². The first-order chi connectivity index (χ1) is 7.19. The van der Waals surface area contributed by atoms with Crippen LogP contribution in [0.2, 0.25) is 0 Å². The van der Waals surface area contributed by atoms with E-state index in [0.717, 1.165) is 26.2 Å². The molecule has 92 valence electrons. The largest absolute Gasteiger partial charge is 0.383 e. The van der Waals surface area contributed by atoms with Crippen molar-refractivity contribution in [2.45, 2.75) is 39.7 Å². The van der Waals surface area contributed by atoms with Crippen LogP contribution in [0.5, 0.6) is 0 Å². The Kier molecular flexibility index (Phi) is 9.06. The van der Waals surface area contributed by atoms with Gasteiger partial charge in [0.15, 0.2) is 0 Å². The summed E-state index contributed by atoms with van der Waals surface area (Å²) >= 11 is 0. The number of nitrogens with zero attached hydrogens (tertiary/aromatic N) is 1. The van der Waals surface area contributed by atoms with Gasteiger partial charge in [0, 0.05) is 19.7 Å². The second-order valence-electron chi connectivity index (χ2n) is 4.28. The zero-order chi connectivity index (χ0) is 11.7. The number of rotatable bonds is 9. The molecule has 15 heavy (non-hydrogen) atoms. The zero-order valence-corrected chi connectivity index (χ0v) is 10.8. The van der Waals surface area contributed by atoms with Crippen LogP contribution in [0.3, 0.4) is 0 Å². The summed E-state index contributed by atoms with van der Waals surface area (Å²) in [6.07, 6.45) is 2.45. The average molecular weight is 216 g/mol. The molecule has 0 saturated carbocycles. The molecule has 0 aromatic heterocycles. The number of ether oxygens (including phenoxy) is 1. The van der Waals surface area contributed by atoms with Gasteiger partial charge in [-0.25, -0.2) is 0 Å². The Morgan fingerprint density at radius 1 is 1.33 bits per heavy atom. The van der Waals surface area contributed by atoms with E-state index in [-0.39, 0.29) is 0 Å². The van der Waals surface area contributed by atoms with E-state index in [0.29, 0.717) is 12.0 Å². The Hall–Kier alpha value is -0.120. The maximum absolute atomic E-state index is 5.78. The highest BCUT2D eigenvalue weighted by atomic mass is 16.5. The Labute approximate surface area is 95.0 Å². The SMILES string of the molecule is CCCC(CN)CN(CC)C(C)COC. The molecule has 0 amide bonds. The van der Waals surface area contributed by atoms with E-state index in [9.17, 15) is 0 Å². The molecule has 3 heteroatoms. The number of nitrogens with two attached hydrogens (primary N) is 1. The molecule has 0 aliphatic rings. The lowest BCUT2D eigenvalue weighted by molar-refractivity contribution is 0.0911. The quantitative estimate of drug-likeness (QED) is 0.638. The molecule has 3 nitrogen and oxygen atoms in total. The summed E-state index contributed by atoms with van der Waals surface area (Å²) in [6, 6.07) is 0.492. The molecule has 0 aliphatic heterocycles. The maximum atomic E-state index is 5.78. The van der Waals surface area contributed by atoms with E-state index in [1.807, 2.05) is 0 Å². The lowest BCUT2D eigenvalue weighted by Crippen LogP contribution is -2.41. The third kappa shape index (κ3) is 6.13. The molecule has 2 N–H and O–H groups in total. The van der Waals surface area contributed by atoms with Gasteiger partial charge in [-0.2, -0.15) is 0 Å². The second-order valence-corrected chi connectivity index (χ2v) is 4.28. The summed E-state index contributed by atoms with van der Waals surface area (Å²) in [5.41, 5.74) is 5.78.